The zero-order valence-electron chi connectivity index (χ0n) is 15.4. The quantitative estimate of drug-likeness (QED) is 0.688. The van der Waals surface area contributed by atoms with Gasteiger partial charge in [-0.3, -0.25) is 4.79 Å². The molecule has 0 aliphatic carbocycles. The van der Waals surface area contributed by atoms with Gasteiger partial charge in [-0.05, 0) is 23.4 Å². The van der Waals surface area contributed by atoms with Crippen molar-refractivity contribution in [2.75, 3.05) is 26.4 Å². The molecule has 1 saturated heterocycles. The van der Waals surface area contributed by atoms with E-state index in [9.17, 15) is 9.59 Å². The molecule has 0 atom stereocenters. The molecular formula is C20H23ClN2O5. The molecule has 1 fully saturated rings. The Balaban J connectivity index is 1.44. The molecule has 0 saturated carbocycles. The zero-order valence-corrected chi connectivity index (χ0v) is 16.1. The van der Waals surface area contributed by atoms with Gasteiger partial charge < -0.3 is 25.3 Å². The lowest BCUT2D eigenvalue weighted by Gasteiger charge is -2.30. The summed E-state index contributed by atoms with van der Waals surface area (Å²) in [5, 5.41) is 5.42. The van der Waals surface area contributed by atoms with E-state index < -0.39 is 18.6 Å². The fourth-order valence-electron chi connectivity index (χ4n) is 3.18. The van der Waals surface area contributed by atoms with Crippen LogP contribution in [-0.4, -0.2) is 44.7 Å². The van der Waals surface area contributed by atoms with Gasteiger partial charge in [-0.2, -0.15) is 0 Å². The van der Waals surface area contributed by atoms with Gasteiger partial charge in [0.1, 0.15) is 0 Å². The molecule has 2 aromatic rings. The lowest BCUT2D eigenvalue weighted by Crippen LogP contribution is -2.33. The number of halogens is 1. The fourth-order valence-corrected chi connectivity index (χ4v) is 3.41. The molecule has 0 spiro atoms. The Morgan fingerprint density at radius 3 is 2.57 bits per heavy atom. The van der Waals surface area contributed by atoms with Crippen LogP contribution < -0.4 is 11.1 Å². The summed E-state index contributed by atoms with van der Waals surface area (Å²) in [6, 6.07) is 12.0. The number of fused-ring (bicyclic) bond motifs is 1. The molecule has 1 aliphatic heterocycles. The van der Waals surface area contributed by atoms with Gasteiger partial charge in [0, 0.05) is 29.3 Å². The second kappa shape index (κ2) is 9.73. The number of hydrogen-bond acceptors (Lipinski definition) is 5. The minimum atomic E-state index is -0.692. The van der Waals surface area contributed by atoms with E-state index in [4.69, 9.17) is 26.8 Å². The highest BCUT2D eigenvalue weighted by Gasteiger charge is 2.24. The molecule has 7 nitrogen and oxygen atoms in total. The summed E-state index contributed by atoms with van der Waals surface area (Å²) < 4.78 is 16.3. The highest BCUT2D eigenvalue weighted by molar-refractivity contribution is 6.35. The van der Waals surface area contributed by atoms with Crippen LogP contribution in [0.4, 0.5) is 4.79 Å². The highest BCUT2D eigenvalue weighted by Crippen LogP contribution is 2.33. The Kier molecular flexibility index (Phi) is 7.08. The number of ether oxygens (including phenoxy) is 3. The minimum Gasteiger partial charge on any atom is -0.439 e. The maximum Gasteiger partial charge on any atom is 0.407 e. The van der Waals surface area contributed by atoms with E-state index >= 15 is 0 Å². The van der Waals surface area contributed by atoms with Gasteiger partial charge in [0.15, 0.2) is 12.9 Å². The molecule has 0 bridgehead atoms. The normalized spacial score (nSPS) is 19.3. The molecule has 28 heavy (non-hydrogen) atoms. The Bertz CT molecular complexity index is 836. The second-order valence-electron chi connectivity index (χ2n) is 6.59. The van der Waals surface area contributed by atoms with E-state index in [0.717, 1.165) is 21.4 Å². The SMILES string of the molecule is NC(=O)COC(=O)NCCCC1OCC(c2ccc(Cl)c3ccccc23)CO1. The summed E-state index contributed by atoms with van der Waals surface area (Å²) in [4.78, 5) is 21.9. The van der Waals surface area contributed by atoms with E-state index in [-0.39, 0.29) is 12.2 Å². The van der Waals surface area contributed by atoms with Crippen LogP contribution in [0.2, 0.25) is 5.02 Å². The Morgan fingerprint density at radius 2 is 1.86 bits per heavy atom. The topological polar surface area (TPSA) is 99.9 Å². The molecule has 150 valence electrons. The highest BCUT2D eigenvalue weighted by atomic mass is 35.5. The number of carbonyl (C=O) groups excluding carboxylic acids is 2. The molecule has 0 radical (unpaired) electrons. The fraction of sp³-hybridized carbons (Fsp3) is 0.400. The monoisotopic (exact) mass is 406 g/mol. The molecule has 3 rings (SSSR count). The lowest BCUT2D eigenvalue weighted by molar-refractivity contribution is -0.189. The molecule has 1 heterocycles. The predicted octanol–water partition coefficient (Wildman–Crippen LogP) is 2.94. The van der Waals surface area contributed by atoms with Crippen LogP contribution in [0.1, 0.15) is 24.3 Å². The molecule has 3 N–H and O–H groups in total. The summed E-state index contributed by atoms with van der Waals surface area (Å²) in [5.74, 6) is -0.553. The summed E-state index contributed by atoms with van der Waals surface area (Å²) in [6.07, 6.45) is 0.326. The number of alkyl carbamates (subject to hydrolysis) is 1. The van der Waals surface area contributed by atoms with Crippen molar-refractivity contribution in [3.8, 4) is 0 Å². The van der Waals surface area contributed by atoms with Crippen molar-refractivity contribution < 1.29 is 23.8 Å². The van der Waals surface area contributed by atoms with Gasteiger partial charge in [-0.15, -0.1) is 0 Å². The average Bonchev–Trinajstić information content (AvgIpc) is 2.71. The first-order chi connectivity index (χ1) is 13.5. The van der Waals surface area contributed by atoms with Crippen LogP contribution in [0.25, 0.3) is 10.8 Å². The summed E-state index contributed by atoms with van der Waals surface area (Å²) >= 11 is 6.30. The van der Waals surface area contributed by atoms with Gasteiger partial charge >= 0.3 is 6.09 Å². The number of benzene rings is 2. The van der Waals surface area contributed by atoms with Gasteiger partial charge in [-0.25, -0.2) is 4.79 Å². The van der Waals surface area contributed by atoms with E-state index in [1.165, 1.54) is 0 Å². The molecule has 1 aliphatic rings. The molecule has 2 aromatic carbocycles. The Morgan fingerprint density at radius 1 is 1.14 bits per heavy atom. The zero-order chi connectivity index (χ0) is 19.9. The first-order valence-corrected chi connectivity index (χ1v) is 9.51. The number of amides is 2. The summed E-state index contributed by atoms with van der Waals surface area (Å²) in [5.41, 5.74) is 6.06. The third-order valence-electron chi connectivity index (χ3n) is 4.54. The van der Waals surface area contributed by atoms with Crippen molar-refractivity contribution in [3.63, 3.8) is 0 Å². The smallest absolute Gasteiger partial charge is 0.407 e. The van der Waals surface area contributed by atoms with E-state index in [1.54, 1.807) is 0 Å². The third-order valence-corrected chi connectivity index (χ3v) is 4.87. The number of primary amides is 1. The number of rotatable bonds is 7. The number of nitrogens with two attached hydrogens (primary N) is 1. The largest absolute Gasteiger partial charge is 0.439 e. The van der Waals surface area contributed by atoms with Crippen LogP contribution in [0.3, 0.4) is 0 Å². The molecule has 0 aromatic heterocycles. The van der Waals surface area contributed by atoms with Crippen molar-refractivity contribution in [1.82, 2.24) is 5.32 Å². The van der Waals surface area contributed by atoms with Crippen molar-refractivity contribution in [2.45, 2.75) is 25.0 Å². The first-order valence-electron chi connectivity index (χ1n) is 9.14. The maximum atomic E-state index is 11.3. The van der Waals surface area contributed by atoms with Crippen LogP contribution in [0.5, 0.6) is 0 Å². The predicted molar refractivity (Wildman–Crippen MR) is 105 cm³/mol. The lowest BCUT2D eigenvalue weighted by atomic mass is 9.94. The van der Waals surface area contributed by atoms with Gasteiger partial charge in [-0.1, -0.05) is 41.9 Å². The van der Waals surface area contributed by atoms with Crippen LogP contribution in [0.15, 0.2) is 36.4 Å². The van der Waals surface area contributed by atoms with Crippen molar-refractivity contribution in [2.24, 2.45) is 5.73 Å². The molecule has 8 heteroatoms. The third kappa shape index (κ3) is 5.34. The van der Waals surface area contributed by atoms with E-state index in [2.05, 4.69) is 16.1 Å². The van der Waals surface area contributed by atoms with Crippen molar-refractivity contribution in [3.05, 3.63) is 47.0 Å². The number of hydrogen-bond donors (Lipinski definition) is 2. The standard InChI is InChI=1S/C20H23ClN2O5/c21-17-8-7-14(15-4-1-2-5-16(15)17)13-10-26-19(27-11-13)6-3-9-23-20(25)28-12-18(22)24/h1-2,4-5,7-8,13,19H,3,6,9-12H2,(H2,22,24)(H,23,25). The number of nitrogens with one attached hydrogen (secondary N) is 1. The Labute approximate surface area is 168 Å². The molecule has 0 unspecified atom stereocenters. The second-order valence-corrected chi connectivity index (χ2v) is 6.99. The van der Waals surface area contributed by atoms with Crippen molar-refractivity contribution >= 4 is 34.4 Å². The van der Waals surface area contributed by atoms with Gasteiger partial charge in [0.25, 0.3) is 5.91 Å². The van der Waals surface area contributed by atoms with Crippen LogP contribution >= 0.6 is 11.6 Å². The molecule has 2 amide bonds. The minimum absolute atomic E-state index is 0.139. The number of carbonyl (C=O) groups is 2. The average molecular weight is 407 g/mol. The summed E-state index contributed by atoms with van der Waals surface area (Å²) in [6.45, 7) is 1.09. The van der Waals surface area contributed by atoms with Gasteiger partial charge in [0.2, 0.25) is 0 Å². The van der Waals surface area contributed by atoms with Gasteiger partial charge in [0.05, 0.1) is 13.2 Å². The maximum absolute atomic E-state index is 11.3. The molecular weight excluding hydrogens is 384 g/mol. The summed E-state index contributed by atoms with van der Waals surface area (Å²) in [7, 11) is 0. The Hall–Kier alpha value is -2.35. The van der Waals surface area contributed by atoms with Crippen molar-refractivity contribution in [1.29, 1.82) is 0 Å². The van der Waals surface area contributed by atoms with Crippen LogP contribution in [0, 0.1) is 0 Å². The first kappa shape index (κ1) is 20.4. The van der Waals surface area contributed by atoms with E-state index in [1.807, 2.05) is 30.3 Å². The van der Waals surface area contributed by atoms with Crippen LogP contribution in [-0.2, 0) is 19.0 Å². The van der Waals surface area contributed by atoms with E-state index in [0.29, 0.717) is 32.6 Å².